The molecule has 1 saturated heterocycles. The van der Waals surface area contributed by atoms with Crippen molar-refractivity contribution in [1.82, 2.24) is 9.88 Å². The highest BCUT2D eigenvalue weighted by atomic mass is 32.2. The van der Waals surface area contributed by atoms with Gasteiger partial charge in [0.1, 0.15) is 0 Å². The Morgan fingerprint density at radius 3 is 2.64 bits per heavy atom. The molecule has 0 unspecified atom stereocenters. The number of nitrogens with one attached hydrogen (secondary N) is 2. The average Bonchev–Trinajstić information content (AvgIpc) is 3.31. The number of anilines is 1. The molecule has 0 aliphatic carbocycles. The third-order valence-electron chi connectivity index (χ3n) is 5.67. The van der Waals surface area contributed by atoms with Gasteiger partial charge in [-0.25, -0.2) is 4.79 Å². The highest BCUT2D eigenvalue weighted by Gasteiger charge is 2.27. The van der Waals surface area contributed by atoms with Crippen molar-refractivity contribution in [3.8, 4) is 5.69 Å². The third-order valence-corrected chi connectivity index (χ3v) is 6.70. The number of amides is 1. The van der Waals surface area contributed by atoms with Gasteiger partial charge in [0.25, 0.3) is 5.91 Å². The van der Waals surface area contributed by atoms with E-state index in [0.717, 1.165) is 34.7 Å². The maximum Gasteiger partial charge on any atom is 0.337 e. The SMILES string of the molecule is CCc1ccc(N[C@@H]2NC(=O)/C(=C/c3cc(C)n(-c4cccc(C(=O)OC)c4)c3C)S2)cc1. The number of hydrogen-bond donors (Lipinski definition) is 2. The molecule has 7 heteroatoms. The molecule has 3 aromatic rings. The molecule has 2 aromatic carbocycles. The Kier molecular flexibility index (Phi) is 6.60. The van der Waals surface area contributed by atoms with E-state index in [1.807, 2.05) is 56.3 Å². The van der Waals surface area contributed by atoms with Crippen LogP contribution in [-0.4, -0.2) is 29.1 Å². The van der Waals surface area contributed by atoms with E-state index < -0.39 is 0 Å². The lowest BCUT2D eigenvalue weighted by atomic mass is 10.1. The molecule has 0 saturated carbocycles. The fourth-order valence-corrected chi connectivity index (χ4v) is 4.89. The van der Waals surface area contributed by atoms with Crippen molar-refractivity contribution in [3.05, 3.63) is 87.6 Å². The molecule has 170 valence electrons. The maximum absolute atomic E-state index is 12.6. The van der Waals surface area contributed by atoms with E-state index in [1.165, 1.54) is 24.4 Å². The number of esters is 1. The van der Waals surface area contributed by atoms with Crippen LogP contribution in [0.4, 0.5) is 5.69 Å². The van der Waals surface area contributed by atoms with Crippen LogP contribution in [-0.2, 0) is 16.0 Å². The largest absolute Gasteiger partial charge is 0.465 e. The Hall–Kier alpha value is -3.45. The van der Waals surface area contributed by atoms with Crippen LogP contribution < -0.4 is 10.6 Å². The normalized spacial score (nSPS) is 16.7. The number of ether oxygens (including phenoxy) is 1. The molecule has 4 rings (SSSR count). The second-order valence-corrected chi connectivity index (χ2v) is 9.03. The number of carbonyl (C=O) groups excluding carboxylic acids is 2. The van der Waals surface area contributed by atoms with Crippen LogP contribution in [0.3, 0.4) is 0 Å². The zero-order chi connectivity index (χ0) is 23.5. The molecule has 0 radical (unpaired) electrons. The van der Waals surface area contributed by atoms with Gasteiger partial charge in [0, 0.05) is 22.8 Å². The van der Waals surface area contributed by atoms with Crippen LogP contribution in [0.5, 0.6) is 0 Å². The van der Waals surface area contributed by atoms with Crippen LogP contribution in [0, 0.1) is 13.8 Å². The van der Waals surface area contributed by atoms with Crippen molar-refractivity contribution < 1.29 is 14.3 Å². The first-order chi connectivity index (χ1) is 15.9. The molecule has 2 N–H and O–H groups in total. The highest BCUT2D eigenvalue weighted by Crippen LogP contribution is 2.32. The number of carbonyl (C=O) groups is 2. The lowest BCUT2D eigenvalue weighted by Crippen LogP contribution is -2.30. The molecular formula is C26H27N3O3S. The zero-order valence-electron chi connectivity index (χ0n) is 19.1. The Morgan fingerprint density at radius 1 is 1.18 bits per heavy atom. The van der Waals surface area contributed by atoms with Crippen molar-refractivity contribution in [2.75, 3.05) is 12.4 Å². The van der Waals surface area contributed by atoms with Crippen LogP contribution in [0.1, 0.15) is 39.8 Å². The molecule has 0 spiro atoms. The monoisotopic (exact) mass is 461 g/mol. The minimum atomic E-state index is -0.372. The van der Waals surface area contributed by atoms with Crippen molar-refractivity contribution >= 4 is 35.4 Å². The molecule has 1 aliphatic heterocycles. The predicted octanol–water partition coefficient (Wildman–Crippen LogP) is 5.04. The van der Waals surface area contributed by atoms with E-state index in [0.29, 0.717) is 10.5 Å². The fraction of sp³-hybridized carbons (Fsp3) is 0.231. The molecule has 1 aliphatic rings. The van der Waals surface area contributed by atoms with E-state index in [2.05, 4.69) is 34.3 Å². The van der Waals surface area contributed by atoms with Gasteiger partial charge in [0.05, 0.1) is 17.6 Å². The molecule has 1 aromatic heterocycles. The Morgan fingerprint density at radius 2 is 1.94 bits per heavy atom. The average molecular weight is 462 g/mol. The predicted molar refractivity (Wildman–Crippen MR) is 134 cm³/mol. The number of rotatable bonds is 6. The second-order valence-electron chi connectivity index (χ2n) is 7.88. The number of aryl methyl sites for hydroxylation is 2. The Labute approximate surface area is 198 Å². The number of nitrogens with zero attached hydrogens (tertiary/aromatic N) is 1. The number of methoxy groups -OCH3 is 1. The van der Waals surface area contributed by atoms with Gasteiger partial charge in [-0.2, -0.15) is 0 Å². The van der Waals surface area contributed by atoms with E-state index in [1.54, 1.807) is 6.07 Å². The molecular weight excluding hydrogens is 434 g/mol. The standard InChI is InChI=1S/C26H27N3O3S/c1-5-18-9-11-21(12-10-18)27-26-28-24(30)23(33-26)15-20-13-16(2)29(17(20)3)22-8-6-7-19(14-22)25(31)32-4/h6-15,26-27H,5H2,1-4H3,(H,28,30)/b23-15-/t26-/m1/s1. The van der Waals surface area contributed by atoms with Gasteiger partial charge in [0.15, 0.2) is 5.50 Å². The van der Waals surface area contributed by atoms with E-state index in [9.17, 15) is 9.59 Å². The summed E-state index contributed by atoms with van der Waals surface area (Å²) >= 11 is 1.47. The Balaban J connectivity index is 1.56. The summed E-state index contributed by atoms with van der Waals surface area (Å²) in [7, 11) is 1.37. The smallest absolute Gasteiger partial charge is 0.337 e. The summed E-state index contributed by atoms with van der Waals surface area (Å²) in [6, 6.07) is 17.6. The van der Waals surface area contributed by atoms with Gasteiger partial charge < -0.3 is 19.9 Å². The summed E-state index contributed by atoms with van der Waals surface area (Å²) in [5.41, 5.74) is 6.34. The zero-order valence-corrected chi connectivity index (χ0v) is 20.0. The van der Waals surface area contributed by atoms with Gasteiger partial charge >= 0.3 is 5.97 Å². The lowest BCUT2D eigenvalue weighted by Gasteiger charge is -2.12. The first-order valence-corrected chi connectivity index (χ1v) is 11.7. The van der Waals surface area contributed by atoms with Crippen LogP contribution in [0.25, 0.3) is 11.8 Å². The van der Waals surface area contributed by atoms with Gasteiger partial charge in [-0.1, -0.05) is 36.9 Å². The van der Waals surface area contributed by atoms with Crippen LogP contribution in [0.2, 0.25) is 0 Å². The number of benzene rings is 2. The second kappa shape index (κ2) is 9.58. The van der Waals surface area contributed by atoms with Crippen molar-refractivity contribution in [3.63, 3.8) is 0 Å². The summed E-state index contributed by atoms with van der Waals surface area (Å²) in [5, 5.41) is 6.35. The first kappa shape index (κ1) is 22.7. The van der Waals surface area contributed by atoms with Crippen LogP contribution >= 0.6 is 11.8 Å². The Bertz CT molecular complexity index is 1230. The van der Waals surface area contributed by atoms with Gasteiger partial charge in [0.2, 0.25) is 0 Å². The summed E-state index contributed by atoms with van der Waals surface area (Å²) in [4.78, 5) is 25.2. The summed E-state index contributed by atoms with van der Waals surface area (Å²) in [5.74, 6) is -0.469. The first-order valence-electron chi connectivity index (χ1n) is 10.8. The molecule has 1 amide bonds. The van der Waals surface area contributed by atoms with Crippen molar-refractivity contribution in [1.29, 1.82) is 0 Å². The quantitative estimate of drug-likeness (QED) is 0.397. The summed E-state index contributed by atoms with van der Waals surface area (Å²) in [6.07, 6.45) is 2.92. The molecule has 33 heavy (non-hydrogen) atoms. The van der Waals surface area contributed by atoms with Gasteiger partial charge in [-0.05, 0) is 73.9 Å². The van der Waals surface area contributed by atoms with E-state index in [4.69, 9.17) is 4.74 Å². The number of aromatic nitrogens is 1. The molecule has 2 heterocycles. The van der Waals surface area contributed by atoms with Crippen LogP contribution in [0.15, 0.2) is 59.5 Å². The fourth-order valence-electron chi connectivity index (χ4n) is 3.92. The van der Waals surface area contributed by atoms with E-state index in [-0.39, 0.29) is 17.4 Å². The molecule has 1 fully saturated rings. The molecule has 6 nitrogen and oxygen atoms in total. The topological polar surface area (TPSA) is 72.4 Å². The van der Waals surface area contributed by atoms with Crippen molar-refractivity contribution in [2.45, 2.75) is 32.7 Å². The minimum absolute atomic E-state index is 0.0971. The summed E-state index contributed by atoms with van der Waals surface area (Å²) < 4.78 is 6.92. The maximum atomic E-state index is 12.6. The van der Waals surface area contributed by atoms with Gasteiger partial charge in [-0.15, -0.1) is 0 Å². The van der Waals surface area contributed by atoms with Crippen molar-refractivity contribution in [2.24, 2.45) is 0 Å². The number of hydrogen-bond acceptors (Lipinski definition) is 5. The lowest BCUT2D eigenvalue weighted by molar-refractivity contribution is -0.116. The summed E-state index contributed by atoms with van der Waals surface area (Å²) in [6.45, 7) is 6.14. The number of thioether (sulfide) groups is 1. The van der Waals surface area contributed by atoms with E-state index >= 15 is 0 Å². The molecule has 0 bridgehead atoms. The molecule has 1 atom stereocenters. The van der Waals surface area contributed by atoms with Gasteiger partial charge in [-0.3, -0.25) is 4.79 Å². The minimum Gasteiger partial charge on any atom is -0.465 e. The third kappa shape index (κ3) is 4.83. The highest BCUT2D eigenvalue weighted by molar-refractivity contribution is 8.05.